The first-order chi connectivity index (χ1) is 15.1. The number of hydroxylamine groups is 1. The summed E-state index contributed by atoms with van der Waals surface area (Å²) in [6.07, 6.45) is 0. The van der Waals surface area contributed by atoms with Crippen LogP contribution in [0.2, 0.25) is 10.0 Å². The molecule has 0 saturated carbocycles. The van der Waals surface area contributed by atoms with Gasteiger partial charge in [0.15, 0.2) is 5.84 Å². The number of aryl methyl sites for hydroxylation is 1. The van der Waals surface area contributed by atoms with Gasteiger partial charge in [-0.15, -0.1) is 21.5 Å². The zero-order valence-corrected chi connectivity index (χ0v) is 19.4. The zero-order chi connectivity index (χ0) is 21.4. The average molecular weight is 487 g/mol. The van der Waals surface area contributed by atoms with Crippen LogP contribution in [0, 0.1) is 6.92 Å². The number of aromatic nitrogens is 2. The number of nitrogens with zero attached hydrogens (tertiary/aromatic N) is 3. The van der Waals surface area contributed by atoms with E-state index < -0.39 is 0 Å². The van der Waals surface area contributed by atoms with Crippen LogP contribution < -0.4 is 5.48 Å². The summed E-state index contributed by atoms with van der Waals surface area (Å²) in [5, 5.41) is 11.7. The third kappa shape index (κ3) is 4.29. The van der Waals surface area contributed by atoms with E-state index in [1.54, 1.807) is 23.5 Å². The first kappa shape index (κ1) is 20.7. The summed E-state index contributed by atoms with van der Waals surface area (Å²) >= 11 is 15.7. The molecule has 0 aliphatic carbocycles. The maximum atomic E-state index is 6.41. The van der Waals surface area contributed by atoms with Crippen molar-refractivity contribution in [1.82, 2.24) is 15.7 Å². The van der Waals surface area contributed by atoms with Crippen molar-refractivity contribution in [1.29, 1.82) is 0 Å². The summed E-state index contributed by atoms with van der Waals surface area (Å²) in [5.41, 5.74) is 4.60. The Bertz CT molecular complexity index is 1310. The number of benzene rings is 2. The summed E-state index contributed by atoms with van der Waals surface area (Å²) in [5.74, 6) is 0.619. The van der Waals surface area contributed by atoms with E-state index in [9.17, 15) is 0 Å². The highest BCUT2D eigenvalue weighted by Crippen LogP contribution is 2.38. The summed E-state index contributed by atoms with van der Waals surface area (Å²) < 4.78 is 0. The van der Waals surface area contributed by atoms with Crippen LogP contribution in [0.25, 0.3) is 10.9 Å². The van der Waals surface area contributed by atoms with Crippen molar-refractivity contribution in [2.75, 3.05) is 6.61 Å². The van der Waals surface area contributed by atoms with E-state index in [2.05, 4.69) is 34.7 Å². The van der Waals surface area contributed by atoms with Crippen molar-refractivity contribution in [2.24, 2.45) is 4.99 Å². The van der Waals surface area contributed by atoms with Gasteiger partial charge in [-0.1, -0.05) is 53.2 Å². The van der Waals surface area contributed by atoms with Crippen LogP contribution >= 0.6 is 46.3 Å². The number of nitrogens with one attached hydrogen (secondary N) is 1. The van der Waals surface area contributed by atoms with E-state index in [1.165, 1.54) is 16.6 Å². The number of halogens is 2. The van der Waals surface area contributed by atoms with Crippen LogP contribution in [0.4, 0.5) is 0 Å². The number of hydrogen-bond acceptors (Lipinski definition) is 7. The van der Waals surface area contributed by atoms with Gasteiger partial charge in [0.05, 0.1) is 16.1 Å². The molecule has 5 rings (SSSR count). The van der Waals surface area contributed by atoms with Crippen molar-refractivity contribution >= 4 is 63.0 Å². The predicted molar refractivity (Wildman–Crippen MR) is 128 cm³/mol. The number of rotatable bonds is 4. The molecule has 3 heterocycles. The maximum Gasteiger partial charge on any atom is 0.156 e. The van der Waals surface area contributed by atoms with Crippen molar-refractivity contribution in [3.05, 3.63) is 80.0 Å². The number of fused-ring (bicyclic) bond motifs is 1. The van der Waals surface area contributed by atoms with E-state index in [4.69, 9.17) is 33.0 Å². The standard InChI is InChI=1S/C22H16Cl2N4OS2/c1-12-6-9-18(30-12)17-11-29-28-21(25-17)20-14-4-2-3-5-16(14)26-27-22(20)31-19-10-13(23)7-8-15(19)24/h2-10,17H,11H2,1H3,(H,25,28)/t17-/m1/s1. The van der Waals surface area contributed by atoms with Crippen LogP contribution in [-0.2, 0) is 4.84 Å². The van der Waals surface area contributed by atoms with Gasteiger partial charge in [-0.25, -0.2) is 5.48 Å². The molecule has 1 atom stereocenters. The highest BCUT2D eigenvalue weighted by atomic mass is 35.5. The van der Waals surface area contributed by atoms with E-state index in [0.717, 1.165) is 26.2 Å². The van der Waals surface area contributed by atoms with Gasteiger partial charge in [-0.3, -0.25) is 9.83 Å². The second-order valence-electron chi connectivity index (χ2n) is 6.93. The molecule has 0 unspecified atom stereocenters. The highest BCUT2D eigenvalue weighted by Gasteiger charge is 2.25. The second-order valence-corrected chi connectivity index (χ2v) is 10.1. The molecular weight excluding hydrogens is 471 g/mol. The van der Waals surface area contributed by atoms with Gasteiger partial charge in [0.1, 0.15) is 17.7 Å². The molecule has 156 valence electrons. The fourth-order valence-electron chi connectivity index (χ4n) is 3.30. The smallest absolute Gasteiger partial charge is 0.156 e. The van der Waals surface area contributed by atoms with Crippen LogP contribution in [0.1, 0.15) is 21.4 Å². The van der Waals surface area contributed by atoms with Crippen LogP contribution in [0.3, 0.4) is 0 Å². The lowest BCUT2D eigenvalue weighted by molar-refractivity contribution is 0.0628. The molecule has 0 radical (unpaired) electrons. The minimum atomic E-state index is -0.0884. The molecule has 0 amide bonds. The lowest BCUT2D eigenvalue weighted by atomic mass is 10.1. The summed E-state index contributed by atoms with van der Waals surface area (Å²) in [6.45, 7) is 2.55. The maximum absolute atomic E-state index is 6.41. The fourth-order valence-corrected chi connectivity index (χ4v) is 5.62. The number of thiophene rings is 1. The first-order valence-electron chi connectivity index (χ1n) is 9.49. The number of hydrogen-bond donors (Lipinski definition) is 1. The van der Waals surface area contributed by atoms with Crippen LogP contribution in [0.15, 0.2) is 69.5 Å². The lowest BCUT2D eigenvalue weighted by Gasteiger charge is -2.23. The van der Waals surface area contributed by atoms with Gasteiger partial charge in [-0.05, 0) is 43.3 Å². The van der Waals surface area contributed by atoms with Crippen molar-refractivity contribution in [3.8, 4) is 0 Å². The average Bonchev–Trinajstić information content (AvgIpc) is 3.22. The zero-order valence-electron chi connectivity index (χ0n) is 16.3. The monoisotopic (exact) mass is 486 g/mol. The van der Waals surface area contributed by atoms with Crippen LogP contribution in [0.5, 0.6) is 0 Å². The third-order valence-corrected chi connectivity index (χ3v) is 7.57. The molecule has 2 aromatic heterocycles. The second kappa shape index (κ2) is 8.76. The fraction of sp³-hybridized carbons (Fsp3) is 0.136. The quantitative estimate of drug-likeness (QED) is 0.357. The third-order valence-electron chi connectivity index (χ3n) is 4.76. The number of aliphatic imine (C=N–C) groups is 1. The van der Waals surface area contributed by atoms with Gasteiger partial charge < -0.3 is 0 Å². The van der Waals surface area contributed by atoms with Crippen molar-refractivity contribution in [2.45, 2.75) is 22.9 Å². The Morgan fingerprint density at radius 1 is 1.10 bits per heavy atom. The minimum absolute atomic E-state index is 0.0884. The van der Waals surface area contributed by atoms with Crippen LogP contribution in [-0.4, -0.2) is 22.6 Å². The molecule has 0 bridgehead atoms. The molecule has 0 spiro atoms. The van der Waals surface area contributed by atoms with E-state index in [0.29, 0.717) is 27.5 Å². The molecule has 0 saturated heterocycles. The lowest BCUT2D eigenvalue weighted by Crippen LogP contribution is -2.33. The first-order valence-corrected chi connectivity index (χ1v) is 11.9. The molecule has 4 aromatic rings. The molecule has 1 aliphatic rings. The molecule has 1 N–H and O–H groups in total. The normalized spacial score (nSPS) is 16.2. The molecule has 9 heteroatoms. The largest absolute Gasteiger partial charge is 0.272 e. The molecular formula is C22H16Cl2N4OS2. The summed E-state index contributed by atoms with van der Waals surface area (Å²) in [4.78, 5) is 13.9. The number of amidine groups is 1. The Kier molecular flexibility index (Phi) is 5.86. The Hall–Kier alpha value is -2.16. The van der Waals surface area contributed by atoms with Crippen molar-refractivity contribution in [3.63, 3.8) is 0 Å². The summed E-state index contributed by atoms with van der Waals surface area (Å²) in [7, 11) is 0. The van der Waals surface area contributed by atoms with E-state index >= 15 is 0 Å². The van der Waals surface area contributed by atoms with Gasteiger partial charge in [0.25, 0.3) is 0 Å². The SMILES string of the molecule is Cc1ccc([C@H]2CONC(c3c(Sc4cc(Cl)ccc4Cl)nnc4ccccc34)=N2)s1. The Morgan fingerprint density at radius 2 is 1.97 bits per heavy atom. The molecule has 0 fully saturated rings. The van der Waals surface area contributed by atoms with E-state index in [-0.39, 0.29) is 6.04 Å². The van der Waals surface area contributed by atoms with Crippen molar-refractivity contribution < 1.29 is 4.84 Å². The topological polar surface area (TPSA) is 59.4 Å². The van der Waals surface area contributed by atoms with Gasteiger partial charge in [0.2, 0.25) is 0 Å². The molecule has 5 nitrogen and oxygen atoms in total. The summed E-state index contributed by atoms with van der Waals surface area (Å²) in [6, 6.07) is 17.3. The Morgan fingerprint density at radius 3 is 2.81 bits per heavy atom. The Balaban J connectivity index is 1.65. The predicted octanol–water partition coefficient (Wildman–Crippen LogP) is 6.48. The highest BCUT2D eigenvalue weighted by molar-refractivity contribution is 7.99. The molecule has 2 aromatic carbocycles. The van der Waals surface area contributed by atoms with Gasteiger partial charge in [0, 0.05) is 25.1 Å². The van der Waals surface area contributed by atoms with Gasteiger partial charge >= 0.3 is 0 Å². The Labute approximate surface area is 197 Å². The minimum Gasteiger partial charge on any atom is -0.272 e. The molecule has 31 heavy (non-hydrogen) atoms. The molecule has 1 aliphatic heterocycles. The van der Waals surface area contributed by atoms with E-state index in [1.807, 2.05) is 30.3 Å². The van der Waals surface area contributed by atoms with Gasteiger partial charge in [-0.2, -0.15) is 0 Å².